The minimum Gasteiger partial charge on any atom is -0.611 e. The molecule has 0 N–H and O–H groups in total. The van der Waals surface area contributed by atoms with Gasteiger partial charge in [0.1, 0.15) is 4.75 Å². The molecule has 1 spiro atoms. The van der Waals surface area contributed by atoms with Crippen molar-refractivity contribution in [1.29, 1.82) is 0 Å². The summed E-state index contributed by atoms with van der Waals surface area (Å²) in [4.78, 5) is 15.6. The Morgan fingerprint density at radius 2 is 1.88 bits per heavy atom. The molecule has 1 amide bonds. The molecule has 0 aromatic heterocycles. The summed E-state index contributed by atoms with van der Waals surface area (Å²) >= 11 is 11.3. The van der Waals surface area contributed by atoms with Crippen molar-refractivity contribution in [1.82, 2.24) is 0 Å². The van der Waals surface area contributed by atoms with Crippen molar-refractivity contribution in [2.24, 2.45) is 0 Å². The summed E-state index contributed by atoms with van der Waals surface area (Å²) in [7, 11) is 1.47. The van der Waals surface area contributed by atoms with Gasteiger partial charge in [-0.1, -0.05) is 35.3 Å². The number of anilines is 1. The van der Waals surface area contributed by atoms with E-state index in [2.05, 4.69) is 0 Å². The van der Waals surface area contributed by atoms with Crippen LogP contribution >= 0.6 is 23.2 Å². The van der Waals surface area contributed by atoms with E-state index in [1.807, 2.05) is 24.3 Å². The highest BCUT2D eigenvalue weighted by Gasteiger charge is 2.60. The smallest absolute Gasteiger partial charge is 0.258 e. The zero-order valence-corrected chi connectivity index (χ0v) is 15.7. The maximum atomic E-state index is 13.2. The molecule has 2 aromatic rings. The summed E-state index contributed by atoms with van der Waals surface area (Å²) in [6.07, 6.45) is 1.73. The predicted molar refractivity (Wildman–Crippen MR) is 99.5 cm³/mol. The molecule has 4 rings (SSSR count). The van der Waals surface area contributed by atoms with Gasteiger partial charge in [0.05, 0.1) is 29.4 Å². The third-order valence-electron chi connectivity index (χ3n) is 4.70. The molecule has 4 nitrogen and oxygen atoms in total. The number of ether oxygens (including phenoxy) is 1. The van der Waals surface area contributed by atoms with Crippen LogP contribution in [0.3, 0.4) is 0 Å². The number of hydrogen-bond acceptors (Lipinski definition) is 3. The number of para-hydroxylation sites is 1. The second kappa shape index (κ2) is 6.09. The fourth-order valence-corrected chi connectivity index (χ4v) is 5.60. The normalized spacial score (nSPS) is 20.3. The van der Waals surface area contributed by atoms with Crippen molar-refractivity contribution in [2.45, 2.75) is 22.5 Å². The molecule has 25 heavy (non-hydrogen) atoms. The molecule has 0 radical (unpaired) electrons. The number of hydrogen-bond donors (Lipinski definition) is 0. The first-order valence-electron chi connectivity index (χ1n) is 7.83. The first-order chi connectivity index (χ1) is 12.0. The van der Waals surface area contributed by atoms with Crippen molar-refractivity contribution in [3.63, 3.8) is 0 Å². The second-order valence-corrected chi connectivity index (χ2v) is 8.94. The Morgan fingerprint density at radius 1 is 1.24 bits per heavy atom. The zero-order valence-electron chi connectivity index (χ0n) is 13.4. The number of amides is 1. The molecule has 1 aliphatic carbocycles. The van der Waals surface area contributed by atoms with Gasteiger partial charge >= 0.3 is 0 Å². The van der Waals surface area contributed by atoms with Crippen LogP contribution in [-0.2, 0) is 11.2 Å². The van der Waals surface area contributed by atoms with Crippen LogP contribution in [0.5, 0.6) is 5.75 Å². The van der Waals surface area contributed by atoms with Gasteiger partial charge in [0.2, 0.25) is 0 Å². The van der Waals surface area contributed by atoms with Gasteiger partial charge in [0, 0.05) is 18.4 Å². The van der Waals surface area contributed by atoms with Gasteiger partial charge in [-0.15, -0.1) is 0 Å². The highest BCUT2D eigenvalue weighted by atomic mass is 35.5. The van der Waals surface area contributed by atoms with Gasteiger partial charge in [-0.25, -0.2) is 0 Å². The van der Waals surface area contributed by atoms with Crippen LogP contribution in [0.15, 0.2) is 41.3 Å². The lowest BCUT2D eigenvalue weighted by Gasteiger charge is -2.35. The van der Waals surface area contributed by atoms with E-state index in [9.17, 15) is 9.35 Å². The van der Waals surface area contributed by atoms with E-state index < -0.39 is 11.2 Å². The lowest BCUT2D eigenvalue weighted by Crippen LogP contribution is -2.47. The van der Waals surface area contributed by atoms with E-state index >= 15 is 0 Å². The minimum atomic E-state index is -1.09. The Balaban J connectivity index is 1.77. The van der Waals surface area contributed by atoms with Crippen LogP contribution in [0.1, 0.15) is 23.2 Å². The number of halogens is 2. The molecular formula is C18H15Cl2NO3S. The lowest BCUT2D eigenvalue weighted by molar-refractivity contribution is 0.0985. The van der Waals surface area contributed by atoms with Gasteiger partial charge in [-0.05, 0) is 35.4 Å². The fourth-order valence-electron chi connectivity index (χ4n) is 3.20. The monoisotopic (exact) mass is 395 g/mol. The highest BCUT2D eigenvalue weighted by molar-refractivity contribution is 7.93. The molecule has 1 heterocycles. The fraction of sp³-hybridized carbons (Fsp3) is 0.278. The van der Waals surface area contributed by atoms with Crippen LogP contribution in [0, 0.1) is 0 Å². The Bertz CT molecular complexity index is 846. The van der Waals surface area contributed by atoms with Crippen molar-refractivity contribution in [2.75, 3.05) is 18.6 Å². The molecule has 2 aliphatic rings. The SMILES string of the molecule is COc1c(Cl)cc(C(=O)N2CC3(CC3)[S+]([O-])c3ccccc32)cc1Cl. The van der Waals surface area contributed by atoms with Gasteiger partial charge in [-0.3, -0.25) is 9.69 Å². The summed E-state index contributed by atoms with van der Waals surface area (Å²) in [5, 5.41) is 0.571. The molecule has 0 saturated heterocycles. The van der Waals surface area contributed by atoms with Crippen LogP contribution in [0.25, 0.3) is 0 Å². The van der Waals surface area contributed by atoms with Crippen LogP contribution in [0.4, 0.5) is 5.69 Å². The Morgan fingerprint density at radius 3 is 2.48 bits per heavy atom. The predicted octanol–water partition coefficient (Wildman–Crippen LogP) is 4.30. The summed E-state index contributed by atoms with van der Waals surface area (Å²) in [6, 6.07) is 10.5. The molecule has 7 heteroatoms. The lowest BCUT2D eigenvalue weighted by atomic mass is 10.1. The largest absolute Gasteiger partial charge is 0.611 e. The van der Waals surface area contributed by atoms with Crippen LogP contribution in [0.2, 0.25) is 10.0 Å². The molecule has 2 aromatic carbocycles. The number of carbonyl (C=O) groups is 1. The molecule has 130 valence electrons. The van der Waals surface area contributed by atoms with Gasteiger partial charge in [0.15, 0.2) is 10.6 Å². The second-order valence-electron chi connectivity index (χ2n) is 6.28. The molecule has 0 bridgehead atoms. The summed E-state index contributed by atoms with van der Waals surface area (Å²) in [5.41, 5.74) is 1.07. The third kappa shape index (κ3) is 2.70. The van der Waals surface area contributed by atoms with Crippen molar-refractivity contribution in [3.8, 4) is 5.75 Å². The van der Waals surface area contributed by atoms with E-state index in [0.717, 1.165) is 12.8 Å². The van der Waals surface area contributed by atoms with E-state index in [0.29, 0.717) is 28.4 Å². The van der Waals surface area contributed by atoms with Crippen LogP contribution < -0.4 is 9.64 Å². The summed E-state index contributed by atoms with van der Waals surface area (Å²) in [6.45, 7) is 0.441. The maximum absolute atomic E-state index is 13.2. The Hall–Kier alpha value is -1.40. The number of benzene rings is 2. The average Bonchev–Trinajstić information content (AvgIpc) is 3.38. The summed E-state index contributed by atoms with van der Waals surface area (Å²) < 4.78 is 17.6. The zero-order chi connectivity index (χ0) is 17.8. The number of rotatable bonds is 2. The standard InChI is InChI=1S/C18H15Cl2NO3S/c1-24-16-12(19)8-11(9-13(16)20)17(22)21-10-18(6-7-18)25(23)15-5-3-2-4-14(15)21/h2-5,8-9H,6-7,10H2,1H3. The molecule has 1 unspecified atom stereocenters. The highest BCUT2D eigenvalue weighted by Crippen LogP contribution is 2.53. The number of carbonyl (C=O) groups excluding carboxylic acids is 1. The quantitative estimate of drug-likeness (QED) is 0.712. The Labute approximate surface area is 158 Å². The number of nitrogens with zero attached hydrogens (tertiary/aromatic N) is 1. The topological polar surface area (TPSA) is 52.6 Å². The van der Waals surface area contributed by atoms with Crippen molar-refractivity contribution in [3.05, 3.63) is 52.0 Å². The average molecular weight is 396 g/mol. The molecule has 1 atom stereocenters. The molecule has 1 fully saturated rings. The first kappa shape index (κ1) is 17.0. The van der Waals surface area contributed by atoms with Crippen LogP contribution in [-0.4, -0.2) is 28.9 Å². The maximum Gasteiger partial charge on any atom is 0.258 e. The third-order valence-corrected chi connectivity index (χ3v) is 7.33. The van der Waals surface area contributed by atoms with Crippen molar-refractivity contribution < 1.29 is 14.1 Å². The molecular weight excluding hydrogens is 381 g/mol. The van der Waals surface area contributed by atoms with E-state index in [-0.39, 0.29) is 20.7 Å². The molecule has 1 aliphatic heterocycles. The van der Waals surface area contributed by atoms with Gasteiger partial charge < -0.3 is 9.29 Å². The number of fused-ring (bicyclic) bond motifs is 1. The number of methoxy groups -OCH3 is 1. The summed E-state index contributed by atoms with van der Waals surface area (Å²) in [5.74, 6) is 0.139. The van der Waals surface area contributed by atoms with Gasteiger partial charge in [0.25, 0.3) is 5.91 Å². The molecule has 1 saturated carbocycles. The minimum absolute atomic E-state index is 0.207. The Kier molecular flexibility index (Phi) is 4.15. The van der Waals surface area contributed by atoms with Crippen molar-refractivity contribution >= 4 is 46.0 Å². The van der Waals surface area contributed by atoms with E-state index in [4.69, 9.17) is 27.9 Å². The van der Waals surface area contributed by atoms with E-state index in [1.54, 1.807) is 17.0 Å². The van der Waals surface area contributed by atoms with E-state index in [1.165, 1.54) is 7.11 Å². The van der Waals surface area contributed by atoms with Gasteiger partial charge in [-0.2, -0.15) is 0 Å². The first-order valence-corrected chi connectivity index (χ1v) is 9.73.